The van der Waals surface area contributed by atoms with Crippen molar-refractivity contribution in [1.29, 1.82) is 0 Å². The van der Waals surface area contributed by atoms with Crippen molar-refractivity contribution >= 4 is 11.7 Å². The van der Waals surface area contributed by atoms with E-state index in [0.29, 0.717) is 12.0 Å². The number of aromatic carboxylic acids is 1. The van der Waals surface area contributed by atoms with Crippen LogP contribution in [0, 0.1) is 5.92 Å². The van der Waals surface area contributed by atoms with Gasteiger partial charge in [0.05, 0.1) is 11.1 Å². The fraction of sp³-hybridized carbons (Fsp3) is 0.500. The van der Waals surface area contributed by atoms with Gasteiger partial charge in [-0.3, -0.25) is 0 Å². The average Bonchev–Trinajstić information content (AvgIpc) is 3.11. The van der Waals surface area contributed by atoms with E-state index in [1.807, 2.05) is 6.92 Å². The fourth-order valence-corrected chi connectivity index (χ4v) is 2.20. The molecule has 0 spiro atoms. The second kappa shape index (κ2) is 5.34. The van der Waals surface area contributed by atoms with Crippen LogP contribution in [0.5, 0.6) is 0 Å². The standard InChI is InChI=1S/C14H16F3NO2/c1-8(6-9-2-3-9)18-12-5-4-10(14(15,16)17)7-11(12)13(19)20/h4-5,7-9,18H,2-3,6H2,1H3,(H,19,20). The van der Waals surface area contributed by atoms with Crippen molar-refractivity contribution in [3.05, 3.63) is 29.3 Å². The number of rotatable bonds is 5. The van der Waals surface area contributed by atoms with Gasteiger partial charge in [-0.1, -0.05) is 12.8 Å². The summed E-state index contributed by atoms with van der Waals surface area (Å²) in [5, 5.41) is 12.0. The lowest BCUT2D eigenvalue weighted by Crippen LogP contribution is -2.18. The maximum Gasteiger partial charge on any atom is 0.416 e. The topological polar surface area (TPSA) is 49.3 Å². The van der Waals surface area contributed by atoms with Gasteiger partial charge in [-0.05, 0) is 37.5 Å². The molecule has 20 heavy (non-hydrogen) atoms. The summed E-state index contributed by atoms with van der Waals surface area (Å²) < 4.78 is 37.8. The number of carboxylic acids is 1. The molecule has 2 rings (SSSR count). The third kappa shape index (κ3) is 3.65. The molecule has 110 valence electrons. The normalized spacial score (nSPS) is 16.8. The number of carboxylic acid groups (broad SMARTS) is 1. The molecule has 0 aliphatic heterocycles. The fourth-order valence-electron chi connectivity index (χ4n) is 2.20. The first kappa shape index (κ1) is 14.7. The first-order chi connectivity index (χ1) is 9.27. The molecule has 1 atom stereocenters. The van der Waals surface area contributed by atoms with Gasteiger partial charge in [-0.2, -0.15) is 13.2 Å². The molecule has 1 fully saturated rings. The van der Waals surface area contributed by atoms with E-state index in [2.05, 4.69) is 5.32 Å². The van der Waals surface area contributed by atoms with Gasteiger partial charge in [0.2, 0.25) is 0 Å². The zero-order valence-corrected chi connectivity index (χ0v) is 11.0. The minimum atomic E-state index is -4.54. The highest BCUT2D eigenvalue weighted by Crippen LogP contribution is 2.35. The van der Waals surface area contributed by atoms with Crippen molar-refractivity contribution in [1.82, 2.24) is 0 Å². The largest absolute Gasteiger partial charge is 0.478 e. The van der Waals surface area contributed by atoms with Crippen LogP contribution in [0.15, 0.2) is 18.2 Å². The van der Waals surface area contributed by atoms with Crippen LogP contribution < -0.4 is 5.32 Å². The van der Waals surface area contributed by atoms with Crippen molar-refractivity contribution in [2.24, 2.45) is 5.92 Å². The predicted octanol–water partition coefficient (Wildman–Crippen LogP) is 4.00. The number of halogens is 3. The quantitative estimate of drug-likeness (QED) is 0.860. The van der Waals surface area contributed by atoms with Gasteiger partial charge in [0.25, 0.3) is 0 Å². The van der Waals surface area contributed by atoms with Gasteiger partial charge >= 0.3 is 12.1 Å². The Kier molecular flexibility index (Phi) is 3.92. The van der Waals surface area contributed by atoms with Crippen molar-refractivity contribution in [2.75, 3.05) is 5.32 Å². The summed E-state index contributed by atoms with van der Waals surface area (Å²) in [6, 6.07) is 2.81. The summed E-state index contributed by atoms with van der Waals surface area (Å²) in [6.07, 6.45) is -1.29. The van der Waals surface area contributed by atoms with Gasteiger partial charge in [0.1, 0.15) is 0 Å². The highest BCUT2D eigenvalue weighted by atomic mass is 19.4. The smallest absolute Gasteiger partial charge is 0.416 e. The minimum absolute atomic E-state index is 0.0392. The maximum atomic E-state index is 12.6. The van der Waals surface area contributed by atoms with Crippen molar-refractivity contribution in [3.8, 4) is 0 Å². The summed E-state index contributed by atoms with van der Waals surface area (Å²) in [6.45, 7) is 1.90. The van der Waals surface area contributed by atoms with Crippen LogP contribution >= 0.6 is 0 Å². The zero-order chi connectivity index (χ0) is 14.9. The first-order valence-electron chi connectivity index (χ1n) is 6.48. The van der Waals surface area contributed by atoms with Crippen LogP contribution in [0.1, 0.15) is 42.1 Å². The summed E-state index contributed by atoms with van der Waals surface area (Å²) in [4.78, 5) is 11.1. The minimum Gasteiger partial charge on any atom is -0.478 e. The van der Waals surface area contributed by atoms with E-state index in [0.717, 1.165) is 12.5 Å². The number of alkyl halides is 3. The number of carbonyl (C=O) groups is 1. The molecule has 0 amide bonds. The molecule has 0 saturated heterocycles. The van der Waals surface area contributed by atoms with E-state index < -0.39 is 17.7 Å². The molecule has 1 aromatic rings. The Morgan fingerprint density at radius 3 is 2.60 bits per heavy atom. The lowest BCUT2D eigenvalue weighted by atomic mass is 10.1. The van der Waals surface area contributed by atoms with Crippen LogP contribution in [0.3, 0.4) is 0 Å². The molecular formula is C14H16F3NO2. The third-order valence-corrected chi connectivity index (χ3v) is 3.36. The van der Waals surface area contributed by atoms with Gasteiger partial charge in [0, 0.05) is 11.7 Å². The Morgan fingerprint density at radius 2 is 2.10 bits per heavy atom. The van der Waals surface area contributed by atoms with E-state index in [1.54, 1.807) is 0 Å². The Bertz CT molecular complexity index is 510. The molecule has 0 radical (unpaired) electrons. The molecule has 0 aromatic heterocycles. The van der Waals surface area contributed by atoms with Gasteiger partial charge in [0.15, 0.2) is 0 Å². The number of benzene rings is 1. The number of hydrogen-bond donors (Lipinski definition) is 2. The molecule has 6 heteroatoms. The summed E-state index contributed by atoms with van der Waals surface area (Å²) in [5.41, 5.74) is -1.06. The summed E-state index contributed by atoms with van der Waals surface area (Å²) in [5.74, 6) is -0.711. The monoisotopic (exact) mass is 287 g/mol. The lowest BCUT2D eigenvalue weighted by molar-refractivity contribution is -0.137. The van der Waals surface area contributed by atoms with E-state index >= 15 is 0 Å². The Labute approximate surface area is 114 Å². The second-order valence-electron chi connectivity index (χ2n) is 5.29. The van der Waals surface area contributed by atoms with Gasteiger partial charge in [-0.25, -0.2) is 4.79 Å². The summed E-state index contributed by atoms with van der Waals surface area (Å²) in [7, 11) is 0. The predicted molar refractivity (Wildman–Crippen MR) is 68.8 cm³/mol. The number of anilines is 1. The van der Waals surface area contributed by atoms with Crippen LogP contribution in [0.25, 0.3) is 0 Å². The number of hydrogen-bond acceptors (Lipinski definition) is 2. The molecule has 1 saturated carbocycles. The Hall–Kier alpha value is -1.72. The van der Waals surface area contributed by atoms with Gasteiger partial charge < -0.3 is 10.4 Å². The van der Waals surface area contributed by atoms with E-state index in [4.69, 9.17) is 5.11 Å². The maximum absolute atomic E-state index is 12.6. The summed E-state index contributed by atoms with van der Waals surface area (Å²) >= 11 is 0. The second-order valence-corrected chi connectivity index (χ2v) is 5.29. The first-order valence-corrected chi connectivity index (χ1v) is 6.48. The van der Waals surface area contributed by atoms with Crippen LogP contribution in [-0.4, -0.2) is 17.1 Å². The van der Waals surface area contributed by atoms with E-state index in [-0.39, 0.29) is 17.3 Å². The average molecular weight is 287 g/mol. The van der Waals surface area contributed by atoms with Crippen molar-refractivity contribution < 1.29 is 23.1 Å². The van der Waals surface area contributed by atoms with Crippen LogP contribution in [0.2, 0.25) is 0 Å². The molecule has 1 aliphatic carbocycles. The molecule has 1 unspecified atom stereocenters. The van der Waals surface area contributed by atoms with Gasteiger partial charge in [-0.15, -0.1) is 0 Å². The van der Waals surface area contributed by atoms with Crippen LogP contribution in [-0.2, 0) is 6.18 Å². The molecule has 0 heterocycles. The van der Waals surface area contributed by atoms with Crippen molar-refractivity contribution in [2.45, 2.75) is 38.4 Å². The highest BCUT2D eigenvalue weighted by Gasteiger charge is 2.32. The number of nitrogens with one attached hydrogen (secondary N) is 1. The van der Waals surface area contributed by atoms with Crippen LogP contribution in [0.4, 0.5) is 18.9 Å². The zero-order valence-electron chi connectivity index (χ0n) is 11.0. The molecule has 1 aromatic carbocycles. The molecule has 2 N–H and O–H groups in total. The Morgan fingerprint density at radius 1 is 1.45 bits per heavy atom. The highest BCUT2D eigenvalue weighted by molar-refractivity contribution is 5.94. The molecule has 0 bridgehead atoms. The Balaban J connectivity index is 2.20. The van der Waals surface area contributed by atoms with E-state index in [9.17, 15) is 18.0 Å². The molecular weight excluding hydrogens is 271 g/mol. The molecule has 3 nitrogen and oxygen atoms in total. The third-order valence-electron chi connectivity index (χ3n) is 3.36. The van der Waals surface area contributed by atoms with E-state index in [1.165, 1.54) is 18.9 Å². The molecule has 1 aliphatic rings. The lowest BCUT2D eigenvalue weighted by Gasteiger charge is -2.18. The van der Waals surface area contributed by atoms with Crippen molar-refractivity contribution in [3.63, 3.8) is 0 Å². The SMILES string of the molecule is CC(CC1CC1)Nc1ccc(C(F)(F)F)cc1C(=O)O.